The smallest absolute Gasteiger partial charge is 0.353 e. The van der Waals surface area contributed by atoms with Gasteiger partial charge in [0.05, 0.1) is 6.20 Å². The molecule has 0 fully saturated rings. The number of hydrogen-bond acceptors (Lipinski definition) is 3. The summed E-state index contributed by atoms with van der Waals surface area (Å²) in [7, 11) is 0. The van der Waals surface area contributed by atoms with Gasteiger partial charge >= 0.3 is 5.82 Å². The van der Waals surface area contributed by atoms with E-state index in [-0.39, 0.29) is 12.4 Å². The van der Waals surface area contributed by atoms with Gasteiger partial charge in [-0.05, 0) is 4.92 Å². The molecule has 0 amide bonds. The van der Waals surface area contributed by atoms with E-state index >= 15 is 0 Å². The van der Waals surface area contributed by atoms with Gasteiger partial charge in [-0.3, -0.25) is 0 Å². The fraction of sp³-hybridized carbons (Fsp3) is 0.200. The van der Waals surface area contributed by atoms with Gasteiger partial charge in [-0.25, -0.2) is 6.57 Å². The molecule has 0 saturated carbocycles. The van der Waals surface area contributed by atoms with Crippen molar-refractivity contribution >= 4 is 5.82 Å². The Morgan fingerprint density at radius 3 is 3.18 bits per heavy atom. The van der Waals surface area contributed by atoms with Crippen LogP contribution in [-0.4, -0.2) is 15.1 Å². The average Bonchev–Trinajstić information content (AvgIpc) is 2.36. The third-order valence-electron chi connectivity index (χ3n) is 1.13. The maximum atomic E-state index is 10.2. The Morgan fingerprint density at radius 1 is 1.91 bits per heavy atom. The molecule has 1 rings (SSSR count). The normalized spacial score (nSPS) is 9.00. The highest BCUT2D eigenvalue weighted by molar-refractivity contribution is 5.30. The van der Waals surface area contributed by atoms with Gasteiger partial charge in [0.15, 0.2) is 0 Å². The minimum atomic E-state index is -0.590. The Morgan fingerprint density at radius 2 is 2.64 bits per heavy atom. The van der Waals surface area contributed by atoms with Crippen LogP contribution in [0.3, 0.4) is 0 Å². The SMILES string of the molecule is [C-]#[N+]Cc1cn[nH]c1[N+](=O)[O-]. The number of rotatable bonds is 2. The van der Waals surface area contributed by atoms with E-state index in [2.05, 4.69) is 15.0 Å². The summed E-state index contributed by atoms with van der Waals surface area (Å²) in [5, 5.41) is 15.8. The average molecular weight is 152 g/mol. The summed E-state index contributed by atoms with van der Waals surface area (Å²) in [6.07, 6.45) is 1.29. The van der Waals surface area contributed by atoms with E-state index in [1.54, 1.807) is 0 Å². The van der Waals surface area contributed by atoms with Gasteiger partial charge in [0.25, 0.3) is 0 Å². The maximum absolute atomic E-state index is 10.2. The van der Waals surface area contributed by atoms with Crippen LogP contribution < -0.4 is 0 Å². The third-order valence-corrected chi connectivity index (χ3v) is 1.13. The quantitative estimate of drug-likeness (QED) is 0.385. The molecule has 6 nitrogen and oxygen atoms in total. The molecule has 1 aromatic rings. The van der Waals surface area contributed by atoms with Crippen molar-refractivity contribution in [3.63, 3.8) is 0 Å². The first-order valence-corrected chi connectivity index (χ1v) is 2.75. The molecule has 0 atom stereocenters. The topological polar surface area (TPSA) is 76.2 Å². The van der Waals surface area contributed by atoms with E-state index in [1.807, 2.05) is 0 Å². The van der Waals surface area contributed by atoms with Gasteiger partial charge < -0.3 is 15.0 Å². The van der Waals surface area contributed by atoms with Crippen LogP contribution in [-0.2, 0) is 6.54 Å². The fourth-order valence-corrected chi connectivity index (χ4v) is 0.663. The molecule has 1 aromatic heterocycles. The zero-order chi connectivity index (χ0) is 8.27. The fourth-order valence-electron chi connectivity index (χ4n) is 0.663. The Hall–Kier alpha value is -1.90. The summed E-state index contributed by atoms with van der Waals surface area (Å²) in [4.78, 5) is 12.6. The second kappa shape index (κ2) is 2.79. The highest BCUT2D eigenvalue weighted by atomic mass is 16.6. The molecule has 0 aliphatic carbocycles. The van der Waals surface area contributed by atoms with Crippen LogP contribution in [0, 0.1) is 16.7 Å². The number of nitrogens with one attached hydrogen (secondary N) is 1. The van der Waals surface area contributed by atoms with E-state index in [0.29, 0.717) is 5.56 Å². The van der Waals surface area contributed by atoms with Crippen LogP contribution in [0.2, 0.25) is 0 Å². The van der Waals surface area contributed by atoms with Crippen LogP contribution >= 0.6 is 0 Å². The third kappa shape index (κ3) is 1.32. The van der Waals surface area contributed by atoms with E-state index in [0.717, 1.165) is 0 Å². The van der Waals surface area contributed by atoms with E-state index in [4.69, 9.17) is 6.57 Å². The molecule has 0 aliphatic heterocycles. The molecular formula is C5H4N4O2. The highest BCUT2D eigenvalue weighted by Gasteiger charge is 2.15. The minimum absolute atomic E-state index is 0.00713. The van der Waals surface area contributed by atoms with Gasteiger partial charge in [-0.1, -0.05) is 5.10 Å². The van der Waals surface area contributed by atoms with Crippen LogP contribution in [0.1, 0.15) is 5.56 Å². The molecule has 1 N–H and O–H groups in total. The number of hydrogen-bond donors (Lipinski definition) is 1. The van der Waals surface area contributed by atoms with Crippen molar-refractivity contribution in [2.75, 3.05) is 0 Å². The zero-order valence-electron chi connectivity index (χ0n) is 5.44. The Bertz CT molecular complexity index is 311. The second-order valence-corrected chi connectivity index (χ2v) is 1.82. The Labute approximate surface area is 61.8 Å². The number of nitro groups is 1. The lowest BCUT2D eigenvalue weighted by atomic mass is 10.3. The standard InChI is InChI=1S/C5H4N4O2/c1-6-2-4-3-7-8-5(4)9(10)11/h3H,2H2,(H,7,8). The van der Waals surface area contributed by atoms with Crippen molar-refractivity contribution in [2.45, 2.75) is 6.54 Å². The van der Waals surface area contributed by atoms with Crippen molar-refractivity contribution in [3.05, 3.63) is 33.3 Å². The summed E-state index contributed by atoms with van der Waals surface area (Å²) in [5.74, 6) is -0.194. The van der Waals surface area contributed by atoms with Gasteiger partial charge in [-0.15, -0.1) is 5.10 Å². The van der Waals surface area contributed by atoms with Gasteiger partial charge in [0.1, 0.15) is 5.56 Å². The van der Waals surface area contributed by atoms with Crippen LogP contribution in [0.15, 0.2) is 6.20 Å². The maximum Gasteiger partial charge on any atom is 0.353 e. The molecular weight excluding hydrogens is 148 g/mol. The van der Waals surface area contributed by atoms with E-state index in [9.17, 15) is 10.1 Å². The van der Waals surface area contributed by atoms with Crippen molar-refractivity contribution in [1.29, 1.82) is 0 Å². The molecule has 6 heteroatoms. The first kappa shape index (κ1) is 7.21. The Kier molecular flexibility index (Phi) is 1.83. The van der Waals surface area contributed by atoms with Crippen molar-refractivity contribution < 1.29 is 4.92 Å². The lowest BCUT2D eigenvalue weighted by Crippen LogP contribution is -1.91. The van der Waals surface area contributed by atoms with Crippen molar-refractivity contribution in [3.8, 4) is 0 Å². The van der Waals surface area contributed by atoms with E-state index < -0.39 is 4.92 Å². The monoisotopic (exact) mass is 152 g/mol. The van der Waals surface area contributed by atoms with Crippen LogP contribution in [0.4, 0.5) is 5.82 Å². The van der Waals surface area contributed by atoms with Gasteiger partial charge in [-0.2, -0.15) is 0 Å². The number of H-pyrrole nitrogens is 1. The minimum Gasteiger partial charge on any atom is -0.358 e. The van der Waals surface area contributed by atoms with Crippen LogP contribution in [0.5, 0.6) is 0 Å². The summed E-state index contributed by atoms with van der Waals surface area (Å²) in [6, 6.07) is 0. The molecule has 56 valence electrons. The Balaban J connectivity index is 2.98. The lowest BCUT2D eigenvalue weighted by molar-refractivity contribution is -0.390. The molecule has 0 unspecified atom stereocenters. The highest BCUT2D eigenvalue weighted by Crippen LogP contribution is 2.13. The van der Waals surface area contributed by atoms with Gasteiger partial charge in [0.2, 0.25) is 6.54 Å². The van der Waals surface area contributed by atoms with Crippen molar-refractivity contribution in [2.24, 2.45) is 0 Å². The summed E-state index contributed by atoms with van der Waals surface area (Å²) >= 11 is 0. The predicted molar refractivity (Wildman–Crippen MR) is 35.5 cm³/mol. The molecule has 0 aliphatic rings. The predicted octanol–water partition coefficient (Wildman–Crippen LogP) is 0.737. The molecule has 0 saturated heterocycles. The summed E-state index contributed by atoms with van der Waals surface area (Å²) in [5.41, 5.74) is 0.324. The second-order valence-electron chi connectivity index (χ2n) is 1.82. The first-order chi connectivity index (χ1) is 5.25. The molecule has 0 spiro atoms. The largest absolute Gasteiger partial charge is 0.358 e. The number of aromatic amines is 1. The molecule has 11 heavy (non-hydrogen) atoms. The molecule has 0 aromatic carbocycles. The first-order valence-electron chi connectivity index (χ1n) is 2.75. The van der Waals surface area contributed by atoms with Crippen LogP contribution in [0.25, 0.3) is 4.85 Å². The molecule has 0 bridgehead atoms. The molecule has 0 radical (unpaired) electrons. The number of nitrogens with zero attached hydrogens (tertiary/aromatic N) is 3. The zero-order valence-corrected chi connectivity index (χ0v) is 5.44. The van der Waals surface area contributed by atoms with Gasteiger partial charge in [0, 0.05) is 0 Å². The van der Waals surface area contributed by atoms with Crippen molar-refractivity contribution in [1.82, 2.24) is 10.2 Å². The summed E-state index contributed by atoms with van der Waals surface area (Å²) < 4.78 is 0. The van der Waals surface area contributed by atoms with E-state index in [1.165, 1.54) is 6.20 Å². The summed E-state index contributed by atoms with van der Waals surface area (Å²) in [6.45, 7) is 6.47. The number of aromatic nitrogens is 2. The molecule has 1 heterocycles. The lowest BCUT2D eigenvalue weighted by Gasteiger charge is -1.88.